The van der Waals surface area contributed by atoms with E-state index in [1.165, 1.54) is 18.2 Å². The van der Waals surface area contributed by atoms with Crippen molar-refractivity contribution in [2.75, 3.05) is 26.2 Å². The van der Waals surface area contributed by atoms with Crippen molar-refractivity contribution in [2.45, 2.75) is 19.3 Å². The van der Waals surface area contributed by atoms with E-state index in [-0.39, 0.29) is 18.3 Å². The zero-order chi connectivity index (χ0) is 15.0. The summed E-state index contributed by atoms with van der Waals surface area (Å²) in [7, 11) is 0. The molecule has 2 aromatic carbocycles. The average molecular weight is 331 g/mol. The Bertz CT molecular complexity index is 709. The lowest BCUT2D eigenvalue weighted by atomic mass is 9.78. The van der Waals surface area contributed by atoms with Crippen LogP contribution >= 0.6 is 12.4 Å². The SMILES string of the molecule is Cl.O=C(c1ccc2ccccc2c1)N1CCC2(CCNCC2)C1. The second kappa shape index (κ2) is 6.50. The highest BCUT2D eigenvalue weighted by Gasteiger charge is 2.40. The molecule has 3 nitrogen and oxygen atoms in total. The summed E-state index contributed by atoms with van der Waals surface area (Å²) in [4.78, 5) is 14.9. The van der Waals surface area contributed by atoms with E-state index in [0.717, 1.165) is 43.5 Å². The molecule has 0 radical (unpaired) electrons. The lowest BCUT2D eigenvalue weighted by Crippen LogP contribution is -2.39. The van der Waals surface area contributed by atoms with E-state index in [4.69, 9.17) is 0 Å². The Labute approximate surface area is 143 Å². The lowest BCUT2D eigenvalue weighted by molar-refractivity contribution is 0.0762. The van der Waals surface area contributed by atoms with E-state index in [2.05, 4.69) is 28.4 Å². The third-order valence-corrected chi connectivity index (χ3v) is 5.39. The van der Waals surface area contributed by atoms with Crippen LogP contribution in [0.15, 0.2) is 42.5 Å². The Morgan fingerprint density at radius 3 is 2.52 bits per heavy atom. The Balaban J connectivity index is 0.00000156. The zero-order valence-electron chi connectivity index (χ0n) is 13.3. The van der Waals surface area contributed by atoms with Crippen LogP contribution in [0.3, 0.4) is 0 Å². The molecule has 2 heterocycles. The topological polar surface area (TPSA) is 32.3 Å². The van der Waals surface area contributed by atoms with E-state index >= 15 is 0 Å². The van der Waals surface area contributed by atoms with Crippen LogP contribution in [0.1, 0.15) is 29.6 Å². The maximum Gasteiger partial charge on any atom is 0.253 e. The molecule has 0 saturated carbocycles. The molecule has 122 valence electrons. The van der Waals surface area contributed by atoms with E-state index in [0.29, 0.717) is 5.41 Å². The van der Waals surface area contributed by atoms with Crippen LogP contribution in [0.2, 0.25) is 0 Å². The Morgan fingerprint density at radius 1 is 1.00 bits per heavy atom. The number of carbonyl (C=O) groups is 1. The summed E-state index contributed by atoms with van der Waals surface area (Å²) in [5.74, 6) is 0.196. The Kier molecular flexibility index (Phi) is 4.60. The first-order chi connectivity index (χ1) is 10.8. The van der Waals surface area contributed by atoms with Gasteiger partial charge >= 0.3 is 0 Å². The molecule has 0 unspecified atom stereocenters. The van der Waals surface area contributed by atoms with Gasteiger partial charge in [-0.05, 0) is 60.7 Å². The number of carbonyl (C=O) groups excluding carboxylic acids is 1. The van der Waals surface area contributed by atoms with E-state index in [1.807, 2.05) is 24.3 Å². The molecule has 0 bridgehead atoms. The van der Waals surface area contributed by atoms with Crippen molar-refractivity contribution >= 4 is 29.1 Å². The summed E-state index contributed by atoms with van der Waals surface area (Å²) < 4.78 is 0. The van der Waals surface area contributed by atoms with Gasteiger partial charge in [-0.2, -0.15) is 0 Å². The highest BCUT2D eigenvalue weighted by Crippen LogP contribution is 2.39. The molecule has 2 aliphatic heterocycles. The number of nitrogens with one attached hydrogen (secondary N) is 1. The predicted octanol–water partition coefficient (Wildman–Crippen LogP) is 3.48. The number of amides is 1. The largest absolute Gasteiger partial charge is 0.338 e. The van der Waals surface area contributed by atoms with Crippen LogP contribution in [-0.4, -0.2) is 37.0 Å². The van der Waals surface area contributed by atoms with Gasteiger partial charge in [-0.15, -0.1) is 12.4 Å². The lowest BCUT2D eigenvalue weighted by Gasteiger charge is -2.33. The molecule has 0 aliphatic carbocycles. The van der Waals surface area contributed by atoms with Crippen molar-refractivity contribution in [1.82, 2.24) is 10.2 Å². The summed E-state index contributed by atoms with van der Waals surface area (Å²) in [5.41, 5.74) is 1.20. The van der Waals surface area contributed by atoms with Crippen molar-refractivity contribution in [1.29, 1.82) is 0 Å². The van der Waals surface area contributed by atoms with E-state index < -0.39 is 0 Å². The van der Waals surface area contributed by atoms with Gasteiger partial charge in [0.05, 0.1) is 0 Å². The smallest absolute Gasteiger partial charge is 0.253 e. The number of likely N-dealkylation sites (tertiary alicyclic amines) is 1. The van der Waals surface area contributed by atoms with Crippen molar-refractivity contribution in [3.63, 3.8) is 0 Å². The van der Waals surface area contributed by atoms with Crippen LogP contribution in [-0.2, 0) is 0 Å². The number of rotatable bonds is 1. The summed E-state index contributed by atoms with van der Waals surface area (Å²) in [5, 5.41) is 5.76. The first-order valence-electron chi connectivity index (χ1n) is 8.25. The monoisotopic (exact) mass is 330 g/mol. The van der Waals surface area contributed by atoms with Crippen LogP contribution < -0.4 is 5.32 Å². The number of hydrogen-bond acceptors (Lipinski definition) is 2. The number of benzene rings is 2. The summed E-state index contributed by atoms with van der Waals surface area (Å²) in [6.45, 7) is 4.03. The number of fused-ring (bicyclic) bond motifs is 1. The molecule has 2 fully saturated rings. The van der Waals surface area contributed by atoms with Gasteiger partial charge in [-0.25, -0.2) is 0 Å². The van der Waals surface area contributed by atoms with Gasteiger partial charge in [0.15, 0.2) is 0 Å². The van der Waals surface area contributed by atoms with Crippen molar-refractivity contribution in [3.05, 3.63) is 48.0 Å². The van der Waals surface area contributed by atoms with Crippen LogP contribution in [0, 0.1) is 5.41 Å². The fraction of sp³-hybridized carbons (Fsp3) is 0.421. The fourth-order valence-corrected chi connectivity index (χ4v) is 3.98. The van der Waals surface area contributed by atoms with Crippen molar-refractivity contribution in [3.8, 4) is 0 Å². The average Bonchev–Trinajstić information content (AvgIpc) is 2.98. The standard InChI is InChI=1S/C19H22N2O.ClH/c22-18(17-6-5-15-3-1-2-4-16(15)13-17)21-12-9-19(14-21)7-10-20-11-8-19;/h1-6,13,20H,7-12,14H2;1H. The van der Waals surface area contributed by atoms with Gasteiger partial charge in [-0.3, -0.25) is 4.79 Å². The Morgan fingerprint density at radius 2 is 1.74 bits per heavy atom. The van der Waals surface area contributed by atoms with Crippen molar-refractivity contribution in [2.24, 2.45) is 5.41 Å². The molecule has 4 rings (SSSR count). The maximum absolute atomic E-state index is 12.8. The molecule has 2 saturated heterocycles. The summed E-state index contributed by atoms with van der Waals surface area (Å²) in [6.07, 6.45) is 3.57. The molecule has 0 atom stereocenters. The fourth-order valence-electron chi connectivity index (χ4n) is 3.98. The zero-order valence-corrected chi connectivity index (χ0v) is 14.1. The molecular formula is C19H23ClN2O. The molecular weight excluding hydrogens is 308 g/mol. The molecule has 1 N–H and O–H groups in total. The second-order valence-electron chi connectivity index (χ2n) is 6.79. The number of piperidine rings is 1. The van der Waals surface area contributed by atoms with Gasteiger partial charge in [0.2, 0.25) is 0 Å². The van der Waals surface area contributed by atoms with Crippen LogP contribution in [0.25, 0.3) is 10.8 Å². The molecule has 1 amide bonds. The molecule has 1 spiro atoms. The molecule has 23 heavy (non-hydrogen) atoms. The van der Waals surface area contributed by atoms with Gasteiger partial charge < -0.3 is 10.2 Å². The number of hydrogen-bond donors (Lipinski definition) is 1. The minimum atomic E-state index is 0. The second-order valence-corrected chi connectivity index (χ2v) is 6.79. The predicted molar refractivity (Wildman–Crippen MR) is 96.3 cm³/mol. The van der Waals surface area contributed by atoms with E-state index in [1.54, 1.807) is 0 Å². The normalized spacial score (nSPS) is 19.7. The van der Waals surface area contributed by atoms with Gasteiger partial charge in [0, 0.05) is 18.7 Å². The molecule has 2 aromatic rings. The van der Waals surface area contributed by atoms with Gasteiger partial charge in [0.25, 0.3) is 5.91 Å². The summed E-state index contributed by atoms with van der Waals surface area (Å²) >= 11 is 0. The minimum Gasteiger partial charge on any atom is -0.338 e. The summed E-state index contributed by atoms with van der Waals surface area (Å²) in [6, 6.07) is 14.3. The first-order valence-corrected chi connectivity index (χ1v) is 8.25. The van der Waals surface area contributed by atoms with Crippen molar-refractivity contribution < 1.29 is 4.79 Å². The number of halogens is 1. The molecule has 0 aromatic heterocycles. The molecule has 4 heteroatoms. The third-order valence-electron chi connectivity index (χ3n) is 5.39. The third kappa shape index (κ3) is 3.08. The maximum atomic E-state index is 12.8. The minimum absolute atomic E-state index is 0. The van der Waals surface area contributed by atoms with Crippen LogP contribution in [0.4, 0.5) is 0 Å². The quantitative estimate of drug-likeness (QED) is 0.868. The van der Waals surface area contributed by atoms with E-state index in [9.17, 15) is 4.79 Å². The number of nitrogens with zero attached hydrogens (tertiary/aromatic N) is 1. The van der Waals surface area contributed by atoms with Gasteiger partial charge in [0.1, 0.15) is 0 Å². The highest BCUT2D eigenvalue weighted by atomic mass is 35.5. The first kappa shape index (κ1) is 16.3. The Hall–Kier alpha value is -1.58. The highest BCUT2D eigenvalue weighted by molar-refractivity contribution is 5.98. The van der Waals surface area contributed by atoms with Crippen LogP contribution in [0.5, 0.6) is 0 Å². The molecule has 2 aliphatic rings. The van der Waals surface area contributed by atoms with Gasteiger partial charge in [-0.1, -0.05) is 30.3 Å².